The fraction of sp³-hybridized carbons (Fsp3) is 0.500. The van der Waals surface area contributed by atoms with Gasteiger partial charge in [0.2, 0.25) is 5.91 Å². The van der Waals surface area contributed by atoms with E-state index in [0.29, 0.717) is 23.9 Å². The molecule has 1 heterocycles. The van der Waals surface area contributed by atoms with Crippen LogP contribution < -0.4 is 10.6 Å². The van der Waals surface area contributed by atoms with E-state index in [4.69, 9.17) is 16.3 Å². The largest absolute Gasteiger partial charge is 0.379 e. The van der Waals surface area contributed by atoms with Crippen molar-refractivity contribution in [3.8, 4) is 0 Å². The predicted molar refractivity (Wildman–Crippen MR) is 76.5 cm³/mol. The third kappa shape index (κ3) is 3.69. The van der Waals surface area contributed by atoms with Crippen molar-refractivity contribution < 1.29 is 9.53 Å². The van der Waals surface area contributed by atoms with Gasteiger partial charge in [-0.05, 0) is 25.1 Å². The lowest BCUT2D eigenvalue weighted by molar-refractivity contribution is -0.120. The minimum atomic E-state index is -0.164. The van der Waals surface area contributed by atoms with Crippen molar-refractivity contribution in [3.63, 3.8) is 0 Å². The van der Waals surface area contributed by atoms with Crippen molar-refractivity contribution in [2.75, 3.05) is 25.1 Å². The first-order chi connectivity index (χ1) is 9.22. The molecule has 0 aromatic heterocycles. The van der Waals surface area contributed by atoms with Crippen LogP contribution in [0.15, 0.2) is 24.3 Å². The third-order valence-corrected chi connectivity index (χ3v) is 3.54. The maximum Gasteiger partial charge on any atom is 0.231 e. The zero-order valence-corrected chi connectivity index (χ0v) is 11.7. The SMILES string of the molecule is CCCNC1COCC1C(=O)Nc1ccccc1Cl. The van der Waals surface area contributed by atoms with E-state index in [1.54, 1.807) is 12.1 Å². The molecule has 1 aliphatic heterocycles. The van der Waals surface area contributed by atoms with Crippen molar-refractivity contribution in [1.82, 2.24) is 5.32 Å². The van der Waals surface area contributed by atoms with E-state index in [1.807, 2.05) is 12.1 Å². The molecule has 1 amide bonds. The Bertz CT molecular complexity index is 439. The highest BCUT2D eigenvalue weighted by Crippen LogP contribution is 2.23. The Kier molecular flexibility index (Phi) is 5.19. The molecule has 0 radical (unpaired) electrons. The summed E-state index contributed by atoms with van der Waals surface area (Å²) < 4.78 is 5.40. The van der Waals surface area contributed by atoms with Crippen molar-refractivity contribution in [3.05, 3.63) is 29.3 Å². The summed E-state index contributed by atoms with van der Waals surface area (Å²) in [4.78, 5) is 12.3. The molecule has 1 saturated heterocycles. The van der Waals surface area contributed by atoms with Gasteiger partial charge in [-0.1, -0.05) is 30.7 Å². The Hall–Kier alpha value is -1.10. The molecule has 19 heavy (non-hydrogen) atoms. The number of nitrogens with one attached hydrogen (secondary N) is 2. The van der Waals surface area contributed by atoms with Crippen molar-refractivity contribution in [2.24, 2.45) is 5.92 Å². The van der Waals surface area contributed by atoms with E-state index in [0.717, 1.165) is 13.0 Å². The minimum Gasteiger partial charge on any atom is -0.379 e. The van der Waals surface area contributed by atoms with Gasteiger partial charge in [-0.25, -0.2) is 0 Å². The molecular weight excluding hydrogens is 264 g/mol. The normalized spacial score (nSPS) is 22.4. The first-order valence-electron chi connectivity index (χ1n) is 6.59. The molecule has 0 aliphatic carbocycles. The van der Waals surface area contributed by atoms with Gasteiger partial charge in [0.1, 0.15) is 0 Å². The molecule has 1 aliphatic rings. The molecule has 5 heteroatoms. The summed E-state index contributed by atoms with van der Waals surface area (Å²) >= 11 is 6.03. The number of halogens is 1. The van der Waals surface area contributed by atoms with E-state index < -0.39 is 0 Å². The second kappa shape index (κ2) is 6.89. The number of hydrogen-bond acceptors (Lipinski definition) is 3. The number of anilines is 1. The lowest BCUT2D eigenvalue weighted by atomic mass is 10.0. The number of rotatable bonds is 5. The summed E-state index contributed by atoms with van der Waals surface area (Å²) in [5.41, 5.74) is 0.648. The zero-order chi connectivity index (χ0) is 13.7. The van der Waals surface area contributed by atoms with E-state index >= 15 is 0 Å². The van der Waals surface area contributed by atoms with Crippen LogP contribution in [-0.2, 0) is 9.53 Å². The second-order valence-corrected chi connectivity index (χ2v) is 5.08. The summed E-state index contributed by atoms with van der Waals surface area (Å²) in [6.45, 7) is 4.03. The Labute approximate surface area is 118 Å². The number of carbonyl (C=O) groups is 1. The van der Waals surface area contributed by atoms with E-state index in [9.17, 15) is 4.79 Å². The summed E-state index contributed by atoms with van der Waals surface area (Å²) in [5, 5.41) is 6.76. The Balaban J connectivity index is 1.97. The monoisotopic (exact) mass is 282 g/mol. The first-order valence-corrected chi connectivity index (χ1v) is 6.96. The first kappa shape index (κ1) is 14.3. The van der Waals surface area contributed by atoms with E-state index in [1.165, 1.54) is 0 Å². The van der Waals surface area contributed by atoms with Gasteiger partial charge in [0.15, 0.2) is 0 Å². The maximum atomic E-state index is 12.3. The van der Waals surface area contributed by atoms with Gasteiger partial charge < -0.3 is 15.4 Å². The number of ether oxygens (including phenoxy) is 1. The molecule has 1 fully saturated rings. The quantitative estimate of drug-likeness (QED) is 0.871. The van der Waals surface area contributed by atoms with Crippen LogP contribution in [-0.4, -0.2) is 31.7 Å². The molecule has 2 rings (SSSR count). The Morgan fingerprint density at radius 2 is 2.21 bits per heavy atom. The van der Waals surface area contributed by atoms with Crippen LogP contribution in [0.25, 0.3) is 0 Å². The molecule has 0 saturated carbocycles. The van der Waals surface area contributed by atoms with E-state index in [-0.39, 0.29) is 17.9 Å². The Morgan fingerprint density at radius 3 is 2.95 bits per heavy atom. The number of carbonyl (C=O) groups excluding carboxylic acids is 1. The summed E-state index contributed by atoms with van der Waals surface area (Å²) in [6, 6.07) is 7.32. The fourth-order valence-electron chi connectivity index (χ4n) is 2.13. The molecule has 2 atom stereocenters. The van der Waals surface area contributed by atoms with E-state index in [2.05, 4.69) is 17.6 Å². The smallest absolute Gasteiger partial charge is 0.231 e. The van der Waals surface area contributed by atoms with Crippen molar-refractivity contribution in [1.29, 1.82) is 0 Å². The average molecular weight is 283 g/mol. The molecule has 0 spiro atoms. The van der Waals surface area contributed by atoms with Crippen LogP contribution in [0.1, 0.15) is 13.3 Å². The highest BCUT2D eigenvalue weighted by molar-refractivity contribution is 6.33. The molecule has 1 aromatic carbocycles. The standard InChI is InChI=1S/C14H19ClN2O2/c1-2-7-16-13-9-19-8-10(13)14(18)17-12-6-4-3-5-11(12)15/h3-6,10,13,16H,2,7-9H2,1H3,(H,17,18). The molecule has 1 aromatic rings. The van der Waals surface area contributed by atoms with Crippen molar-refractivity contribution >= 4 is 23.2 Å². The number of para-hydroxylation sites is 1. The third-order valence-electron chi connectivity index (χ3n) is 3.21. The predicted octanol–water partition coefficient (Wildman–Crippen LogP) is 2.29. The average Bonchev–Trinajstić information content (AvgIpc) is 2.87. The molecule has 4 nitrogen and oxygen atoms in total. The summed E-state index contributed by atoms with van der Waals surface area (Å²) in [6.07, 6.45) is 1.04. The van der Waals surface area contributed by atoms with Crippen LogP contribution in [0, 0.1) is 5.92 Å². The maximum absolute atomic E-state index is 12.3. The topological polar surface area (TPSA) is 50.4 Å². The molecule has 2 N–H and O–H groups in total. The lowest BCUT2D eigenvalue weighted by Gasteiger charge is -2.18. The van der Waals surface area contributed by atoms with Gasteiger partial charge in [-0.15, -0.1) is 0 Å². The number of hydrogen-bond donors (Lipinski definition) is 2. The van der Waals surface area contributed by atoms with Gasteiger partial charge in [0, 0.05) is 6.04 Å². The molecule has 2 unspecified atom stereocenters. The second-order valence-electron chi connectivity index (χ2n) is 4.67. The van der Waals surface area contributed by atoms with Crippen LogP contribution >= 0.6 is 11.6 Å². The molecule has 104 valence electrons. The highest BCUT2D eigenvalue weighted by Gasteiger charge is 2.33. The van der Waals surface area contributed by atoms with Crippen LogP contribution in [0.3, 0.4) is 0 Å². The van der Waals surface area contributed by atoms with Gasteiger partial charge >= 0.3 is 0 Å². The lowest BCUT2D eigenvalue weighted by Crippen LogP contribution is -2.41. The van der Waals surface area contributed by atoms with Crippen LogP contribution in [0.2, 0.25) is 5.02 Å². The van der Waals surface area contributed by atoms with Gasteiger partial charge in [-0.3, -0.25) is 4.79 Å². The minimum absolute atomic E-state index is 0.0424. The summed E-state index contributed by atoms with van der Waals surface area (Å²) in [7, 11) is 0. The van der Waals surface area contributed by atoms with Crippen LogP contribution in [0.5, 0.6) is 0 Å². The van der Waals surface area contributed by atoms with Crippen molar-refractivity contribution in [2.45, 2.75) is 19.4 Å². The molecular formula is C14H19ClN2O2. The van der Waals surface area contributed by atoms with Gasteiger partial charge in [-0.2, -0.15) is 0 Å². The van der Waals surface area contributed by atoms with Gasteiger partial charge in [0.05, 0.1) is 29.8 Å². The summed E-state index contributed by atoms with van der Waals surface area (Å²) in [5.74, 6) is -0.206. The fourth-order valence-corrected chi connectivity index (χ4v) is 2.31. The Morgan fingerprint density at radius 1 is 1.42 bits per heavy atom. The number of amides is 1. The highest BCUT2D eigenvalue weighted by atomic mass is 35.5. The van der Waals surface area contributed by atoms with Crippen LogP contribution in [0.4, 0.5) is 5.69 Å². The molecule has 0 bridgehead atoms. The number of benzene rings is 1. The zero-order valence-electron chi connectivity index (χ0n) is 11.0. The van der Waals surface area contributed by atoms with Gasteiger partial charge in [0.25, 0.3) is 0 Å².